The molecule has 4 heteroatoms. The topological polar surface area (TPSA) is 54.9 Å². The van der Waals surface area contributed by atoms with Crippen LogP contribution in [0.5, 0.6) is 0 Å². The van der Waals surface area contributed by atoms with Crippen molar-refractivity contribution in [3.63, 3.8) is 0 Å². The van der Waals surface area contributed by atoms with Gasteiger partial charge in [0.1, 0.15) is 0 Å². The van der Waals surface area contributed by atoms with Crippen molar-refractivity contribution in [2.45, 2.75) is 39.7 Å². The SMILES string of the molecule is C#CCC(CC)NC(=O)c1cc(C)nnc1C. The van der Waals surface area contributed by atoms with Gasteiger partial charge < -0.3 is 5.32 Å². The molecule has 0 saturated carbocycles. The minimum atomic E-state index is -0.136. The zero-order chi connectivity index (χ0) is 12.8. The maximum Gasteiger partial charge on any atom is 0.253 e. The number of hydrogen-bond donors (Lipinski definition) is 1. The standard InChI is InChI=1S/C13H17N3O/c1-5-7-11(6-2)14-13(17)12-8-9(3)15-16-10(12)4/h1,8,11H,6-7H2,2-4H3,(H,14,17). The zero-order valence-electron chi connectivity index (χ0n) is 10.4. The van der Waals surface area contributed by atoms with Gasteiger partial charge in [-0.3, -0.25) is 4.79 Å². The molecule has 0 bridgehead atoms. The third-order valence-corrected chi connectivity index (χ3v) is 2.54. The minimum absolute atomic E-state index is 0.0142. The van der Waals surface area contributed by atoms with Gasteiger partial charge in [0.25, 0.3) is 5.91 Å². The molecule has 1 heterocycles. The molecule has 1 aromatic heterocycles. The first-order valence-electron chi connectivity index (χ1n) is 5.63. The second-order valence-corrected chi connectivity index (χ2v) is 3.97. The van der Waals surface area contributed by atoms with Crippen molar-refractivity contribution >= 4 is 5.91 Å². The molecule has 0 spiro atoms. The minimum Gasteiger partial charge on any atom is -0.348 e. The van der Waals surface area contributed by atoms with E-state index in [4.69, 9.17) is 6.42 Å². The Bertz CT molecular complexity index is 448. The third-order valence-electron chi connectivity index (χ3n) is 2.54. The summed E-state index contributed by atoms with van der Waals surface area (Å²) in [6.07, 6.45) is 6.60. The lowest BCUT2D eigenvalue weighted by atomic mass is 10.1. The molecule has 17 heavy (non-hydrogen) atoms. The van der Waals surface area contributed by atoms with Crippen LogP contribution in [0.3, 0.4) is 0 Å². The summed E-state index contributed by atoms with van der Waals surface area (Å²) in [7, 11) is 0. The Morgan fingerprint density at radius 2 is 2.24 bits per heavy atom. The fraction of sp³-hybridized carbons (Fsp3) is 0.462. The fourth-order valence-corrected chi connectivity index (χ4v) is 1.48. The number of carbonyl (C=O) groups is 1. The number of terminal acetylenes is 1. The van der Waals surface area contributed by atoms with E-state index in [-0.39, 0.29) is 11.9 Å². The summed E-state index contributed by atoms with van der Waals surface area (Å²) in [6, 6.07) is 1.75. The van der Waals surface area contributed by atoms with Gasteiger partial charge in [-0.25, -0.2) is 0 Å². The monoisotopic (exact) mass is 231 g/mol. The van der Waals surface area contributed by atoms with Crippen LogP contribution in [0.4, 0.5) is 0 Å². The highest BCUT2D eigenvalue weighted by Gasteiger charge is 2.14. The van der Waals surface area contributed by atoms with E-state index < -0.39 is 0 Å². The van der Waals surface area contributed by atoms with Crippen LogP contribution in [0.15, 0.2) is 6.07 Å². The van der Waals surface area contributed by atoms with Gasteiger partial charge in [0, 0.05) is 12.5 Å². The zero-order valence-corrected chi connectivity index (χ0v) is 10.4. The molecule has 0 aliphatic heterocycles. The van der Waals surface area contributed by atoms with E-state index in [1.807, 2.05) is 13.8 Å². The molecule has 1 rings (SSSR count). The van der Waals surface area contributed by atoms with Crippen molar-refractivity contribution in [3.05, 3.63) is 23.0 Å². The van der Waals surface area contributed by atoms with E-state index in [1.54, 1.807) is 13.0 Å². The predicted octanol–water partition coefficient (Wildman–Crippen LogP) is 1.63. The van der Waals surface area contributed by atoms with Gasteiger partial charge in [-0.15, -0.1) is 12.3 Å². The molecule has 90 valence electrons. The lowest BCUT2D eigenvalue weighted by molar-refractivity contribution is 0.0935. The van der Waals surface area contributed by atoms with Crippen molar-refractivity contribution in [1.82, 2.24) is 15.5 Å². The van der Waals surface area contributed by atoms with Crippen LogP contribution in [0, 0.1) is 26.2 Å². The van der Waals surface area contributed by atoms with Gasteiger partial charge in [0.15, 0.2) is 0 Å². The van der Waals surface area contributed by atoms with Crippen molar-refractivity contribution in [2.24, 2.45) is 0 Å². The average molecular weight is 231 g/mol. The molecule has 1 amide bonds. The third kappa shape index (κ3) is 3.56. The summed E-state index contributed by atoms with van der Waals surface area (Å²) in [5.74, 6) is 2.42. The van der Waals surface area contributed by atoms with Gasteiger partial charge in [-0.2, -0.15) is 10.2 Å². The van der Waals surface area contributed by atoms with Gasteiger partial charge in [-0.05, 0) is 26.3 Å². The van der Waals surface area contributed by atoms with Crippen LogP contribution < -0.4 is 5.32 Å². The molecule has 0 aliphatic carbocycles. The van der Waals surface area contributed by atoms with Crippen molar-refractivity contribution < 1.29 is 4.79 Å². The quantitative estimate of drug-likeness (QED) is 0.801. The van der Waals surface area contributed by atoms with Crippen LogP contribution in [0.1, 0.15) is 41.5 Å². The van der Waals surface area contributed by atoms with E-state index in [0.29, 0.717) is 17.7 Å². The molecule has 4 nitrogen and oxygen atoms in total. The Morgan fingerprint density at radius 3 is 2.82 bits per heavy atom. The lowest BCUT2D eigenvalue weighted by Crippen LogP contribution is -2.34. The number of nitrogens with zero attached hydrogens (tertiary/aromatic N) is 2. The molecule has 0 fully saturated rings. The second-order valence-electron chi connectivity index (χ2n) is 3.97. The van der Waals surface area contributed by atoms with Crippen LogP contribution >= 0.6 is 0 Å². The Kier molecular flexibility index (Phi) is 4.65. The van der Waals surface area contributed by atoms with Crippen molar-refractivity contribution in [3.8, 4) is 12.3 Å². The molecule has 1 aromatic rings. The van der Waals surface area contributed by atoms with E-state index in [9.17, 15) is 4.79 Å². The maximum atomic E-state index is 12.0. The van der Waals surface area contributed by atoms with E-state index in [2.05, 4.69) is 21.4 Å². The van der Waals surface area contributed by atoms with E-state index in [1.165, 1.54) is 0 Å². The summed E-state index contributed by atoms with van der Waals surface area (Å²) >= 11 is 0. The first kappa shape index (κ1) is 13.2. The first-order valence-corrected chi connectivity index (χ1v) is 5.63. The number of aromatic nitrogens is 2. The van der Waals surface area contributed by atoms with E-state index in [0.717, 1.165) is 12.1 Å². The number of rotatable bonds is 4. The van der Waals surface area contributed by atoms with Gasteiger partial charge >= 0.3 is 0 Å². The summed E-state index contributed by atoms with van der Waals surface area (Å²) in [4.78, 5) is 12.0. The highest BCUT2D eigenvalue weighted by molar-refractivity contribution is 5.95. The van der Waals surface area contributed by atoms with Crippen LogP contribution in [-0.2, 0) is 0 Å². The molecular weight excluding hydrogens is 214 g/mol. The molecular formula is C13H17N3O. The molecule has 1 N–H and O–H groups in total. The van der Waals surface area contributed by atoms with E-state index >= 15 is 0 Å². The Balaban J connectivity index is 2.82. The van der Waals surface area contributed by atoms with Crippen molar-refractivity contribution in [2.75, 3.05) is 0 Å². The molecule has 1 unspecified atom stereocenters. The van der Waals surface area contributed by atoms with Crippen LogP contribution in [0.25, 0.3) is 0 Å². The lowest BCUT2D eigenvalue weighted by Gasteiger charge is -2.14. The molecule has 1 atom stereocenters. The van der Waals surface area contributed by atoms with Gasteiger partial charge in [-0.1, -0.05) is 6.92 Å². The largest absolute Gasteiger partial charge is 0.348 e. The Morgan fingerprint density at radius 1 is 1.53 bits per heavy atom. The smallest absolute Gasteiger partial charge is 0.253 e. The summed E-state index contributed by atoms with van der Waals surface area (Å²) in [5.41, 5.74) is 1.92. The van der Waals surface area contributed by atoms with Crippen LogP contribution in [0.2, 0.25) is 0 Å². The van der Waals surface area contributed by atoms with Gasteiger partial charge in [0.05, 0.1) is 17.0 Å². The van der Waals surface area contributed by atoms with Gasteiger partial charge in [0.2, 0.25) is 0 Å². The highest BCUT2D eigenvalue weighted by Crippen LogP contribution is 2.07. The maximum absolute atomic E-state index is 12.0. The molecule has 0 radical (unpaired) electrons. The normalized spacial score (nSPS) is 11.6. The number of amides is 1. The van der Waals surface area contributed by atoms with Crippen LogP contribution in [-0.4, -0.2) is 22.1 Å². The number of aryl methyl sites for hydroxylation is 2. The average Bonchev–Trinajstić information content (AvgIpc) is 2.31. The number of carbonyl (C=O) groups excluding carboxylic acids is 1. The summed E-state index contributed by atoms with van der Waals surface area (Å²) < 4.78 is 0. The fourth-order valence-electron chi connectivity index (χ4n) is 1.48. The Labute approximate surface area is 102 Å². The summed E-state index contributed by atoms with van der Waals surface area (Å²) in [6.45, 7) is 5.57. The second kappa shape index (κ2) is 6.00. The summed E-state index contributed by atoms with van der Waals surface area (Å²) in [5, 5.41) is 10.7. The van der Waals surface area contributed by atoms with Crippen molar-refractivity contribution in [1.29, 1.82) is 0 Å². The highest BCUT2D eigenvalue weighted by atomic mass is 16.1. The number of nitrogens with one attached hydrogen (secondary N) is 1. The Hall–Kier alpha value is -1.89. The molecule has 0 aromatic carbocycles. The molecule has 0 aliphatic rings. The first-order chi connectivity index (χ1) is 8.08. The molecule has 0 saturated heterocycles. The number of hydrogen-bond acceptors (Lipinski definition) is 3. The predicted molar refractivity (Wildman–Crippen MR) is 66.5 cm³/mol.